The second-order valence-corrected chi connectivity index (χ2v) is 5.28. The maximum Gasteiger partial charge on any atom is 0.270 e. The Kier molecular flexibility index (Phi) is 6.71. The van der Waals surface area contributed by atoms with Crippen LogP contribution in [0.4, 0.5) is 0 Å². The molecule has 0 aliphatic carbocycles. The van der Waals surface area contributed by atoms with E-state index in [0.29, 0.717) is 25.1 Å². The molecule has 1 aromatic heterocycles. The molecule has 1 heterocycles. The number of amides is 2. The van der Waals surface area contributed by atoms with Crippen LogP contribution < -0.4 is 15.4 Å². The number of aromatic nitrogens is 1. The molecule has 0 spiro atoms. The van der Waals surface area contributed by atoms with Crippen molar-refractivity contribution in [3.05, 3.63) is 72.1 Å². The van der Waals surface area contributed by atoms with Gasteiger partial charge in [0.05, 0.1) is 7.11 Å². The van der Waals surface area contributed by atoms with Gasteiger partial charge in [0, 0.05) is 24.8 Å². The van der Waals surface area contributed by atoms with Gasteiger partial charge in [0.25, 0.3) is 11.8 Å². The highest BCUT2D eigenvalue weighted by Crippen LogP contribution is 2.11. The Hall–Kier alpha value is -3.15. The summed E-state index contributed by atoms with van der Waals surface area (Å²) in [4.78, 5) is 28.1. The summed E-state index contributed by atoms with van der Waals surface area (Å²) in [5, 5.41) is 5.47. The lowest BCUT2D eigenvalue weighted by Gasteiger charge is -2.07. The molecule has 2 rings (SSSR count). The van der Waals surface area contributed by atoms with Crippen molar-refractivity contribution in [3.63, 3.8) is 0 Å². The molecule has 2 aromatic rings. The number of nitrogens with one attached hydrogen (secondary N) is 2. The molecule has 1 aromatic carbocycles. The van der Waals surface area contributed by atoms with Gasteiger partial charge < -0.3 is 15.4 Å². The smallest absolute Gasteiger partial charge is 0.270 e. The molecular weight excluding hydrogens is 318 g/mol. The lowest BCUT2D eigenvalue weighted by Crippen LogP contribution is -2.27. The average Bonchev–Trinajstić information content (AvgIpc) is 2.66. The molecule has 6 heteroatoms. The molecule has 0 bridgehead atoms. The number of hydrogen-bond acceptors (Lipinski definition) is 4. The van der Waals surface area contributed by atoms with Gasteiger partial charge >= 0.3 is 0 Å². The van der Waals surface area contributed by atoms with Crippen molar-refractivity contribution in [3.8, 4) is 5.75 Å². The number of benzene rings is 1. The third kappa shape index (κ3) is 5.46. The van der Waals surface area contributed by atoms with Crippen molar-refractivity contribution in [2.24, 2.45) is 0 Å². The van der Waals surface area contributed by atoms with Gasteiger partial charge in [-0.15, -0.1) is 6.58 Å². The van der Waals surface area contributed by atoms with Gasteiger partial charge in [0.1, 0.15) is 11.4 Å². The highest BCUT2D eigenvalue weighted by molar-refractivity contribution is 5.98. The maximum absolute atomic E-state index is 12.2. The fourth-order valence-corrected chi connectivity index (χ4v) is 2.17. The monoisotopic (exact) mass is 339 g/mol. The normalized spacial score (nSPS) is 9.96. The number of ether oxygens (including phenoxy) is 1. The van der Waals surface area contributed by atoms with E-state index in [4.69, 9.17) is 4.74 Å². The van der Waals surface area contributed by atoms with E-state index in [9.17, 15) is 9.59 Å². The molecule has 0 aliphatic rings. The second kappa shape index (κ2) is 9.22. The van der Waals surface area contributed by atoms with Crippen LogP contribution in [-0.4, -0.2) is 37.0 Å². The molecule has 0 saturated heterocycles. The Balaban J connectivity index is 1.89. The summed E-state index contributed by atoms with van der Waals surface area (Å²) < 4.78 is 5.11. The van der Waals surface area contributed by atoms with Crippen LogP contribution in [0.1, 0.15) is 26.4 Å². The van der Waals surface area contributed by atoms with E-state index in [-0.39, 0.29) is 17.5 Å². The summed E-state index contributed by atoms with van der Waals surface area (Å²) in [7, 11) is 1.62. The van der Waals surface area contributed by atoms with E-state index in [2.05, 4.69) is 22.2 Å². The number of hydrogen-bond donors (Lipinski definition) is 2. The number of carbonyl (C=O) groups excluding carboxylic acids is 2. The Morgan fingerprint density at radius 2 is 1.92 bits per heavy atom. The molecule has 25 heavy (non-hydrogen) atoms. The largest absolute Gasteiger partial charge is 0.497 e. The first kappa shape index (κ1) is 18.2. The fourth-order valence-electron chi connectivity index (χ4n) is 2.17. The highest BCUT2D eigenvalue weighted by Gasteiger charge is 2.11. The van der Waals surface area contributed by atoms with Gasteiger partial charge in [-0.25, -0.2) is 0 Å². The summed E-state index contributed by atoms with van der Waals surface area (Å²) in [6.45, 7) is 4.37. The molecule has 2 N–H and O–H groups in total. The third-order valence-electron chi connectivity index (χ3n) is 3.52. The van der Waals surface area contributed by atoms with E-state index in [1.165, 1.54) is 12.3 Å². The molecule has 6 nitrogen and oxygen atoms in total. The fraction of sp³-hybridized carbons (Fsp3) is 0.211. The first-order valence-corrected chi connectivity index (χ1v) is 7.90. The van der Waals surface area contributed by atoms with E-state index in [0.717, 1.165) is 11.3 Å². The zero-order chi connectivity index (χ0) is 18.1. The van der Waals surface area contributed by atoms with E-state index < -0.39 is 0 Å². The van der Waals surface area contributed by atoms with Crippen LogP contribution in [-0.2, 0) is 6.42 Å². The Bertz CT molecular complexity index is 742. The van der Waals surface area contributed by atoms with Crippen LogP contribution in [0.15, 0.2) is 55.3 Å². The van der Waals surface area contributed by atoms with Crippen molar-refractivity contribution in [1.29, 1.82) is 0 Å². The molecule has 2 amide bonds. The highest BCUT2D eigenvalue weighted by atomic mass is 16.5. The first-order valence-electron chi connectivity index (χ1n) is 7.90. The van der Waals surface area contributed by atoms with Crippen LogP contribution in [0.3, 0.4) is 0 Å². The van der Waals surface area contributed by atoms with Gasteiger partial charge in [-0.05, 0) is 36.2 Å². The molecule has 0 unspecified atom stereocenters. The zero-order valence-electron chi connectivity index (χ0n) is 14.1. The summed E-state index contributed by atoms with van der Waals surface area (Å²) in [5.74, 6) is 0.216. The Morgan fingerprint density at radius 3 is 2.60 bits per heavy atom. The summed E-state index contributed by atoms with van der Waals surface area (Å²) in [6.07, 6.45) is 3.72. The number of nitrogens with zero attached hydrogens (tertiary/aromatic N) is 1. The van der Waals surface area contributed by atoms with Crippen LogP contribution in [0.2, 0.25) is 0 Å². The topological polar surface area (TPSA) is 80.3 Å². The molecule has 0 radical (unpaired) electrons. The van der Waals surface area contributed by atoms with Crippen LogP contribution in [0.5, 0.6) is 5.75 Å². The minimum Gasteiger partial charge on any atom is -0.497 e. The molecule has 130 valence electrons. The van der Waals surface area contributed by atoms with Crippen molar-refractivity contribution in [2.45, 2.75) is 6.42 Å². The molecular formula is C19H21N3O3. The summed E-state index contributed by atoms with van der Waals surface area (Å²) in [5.41, 5.74) is 1.69. The zero-order valence-corrected chi connectivity index (χ0v) is 14.1. The predicted molar refractivity (Wildman–Crippen MR) is 95.8 cm³/mol. The molecule has 0 fully saturated rings. The molecule has 0 atom stereocenters. The third-order valence-corrected chi connectivity index (χ3v) is 3.52. The first-order chi connectivity index (χ1) is 12.1. The van der Waals surface area contributed by atoms with E-state index >= 15 is 0 Å². The van der Waals surface area contributed by atoms with Gasteiger partial charge in [0.15, 0.2) is 0 Å². The van der Waals surface area contributed by atoms with Gasteiger partial charge in [-0.3, -0.25) is 14.6 Å². The van der Waals surface area contributed by atoms with E-state index in [1.54, 1.807) is 19.3 Å². The number of pyridine rings is 1. The number of methoxy groups -OCH3 is 1. The number of carbonyl (C=O) groups is 2. The van der Waals surface area contributed by atoms with Gasteiger partial charge in [0.2, 0.25) is 0 Å². The van der Waals surface area contributed by atoms with Crippen LogP contribution >= 0.6 is 0 Å². The van der Waals surface area contributed by atoms with Crippen LogP contribution in [0, 0.1) is 0 Å². The minimum atomic E-state index is -0.340. The SMILES string of the molecule is C=CCNC(=O)c1cc(C(=O)NCCc2ccc(OC)cc2)ccn1. The van der Waals surface area contributed by atoms with Crippen molar-refractivity contribution >= 4 is 11.8 Å². The van der Waals surface area contributed by atoms with Crippen molar-refractivity contribution in [2.75, 3.05) is 20.2 Å². The second-order valence-electron chi connectivity index (χ2n) is 5.28. The van der Waals surface area contributed by atoms with Gasteiger partial charge in [-0.2, -0.15) is 0 Å². The quantitative estimate of drug-likeness (QED) is 0.721. The van der Waals surface area contributed by atoms with Crippen molar-refractivity contribution < 1.29 is 14.3 Å². The molecule has 0 saturated carbocycles. The predicted octanol–water partition coefficient (Wildman–Crippen LogP) is 1.98. The average molecular weight is 339 g/mol. The summed E-state index contributed by atoms with van der Waals surface area (Å²) in [6, 6.07) is 10.7. The Morgan fingerprint density at radius 1 is 1.16 bits per heavy atom. The Labute approximate surface area is 146 Å². The standard InChI is InChI=1S/C19H21N3O3/c1-3-10-21-19(24)17-13-15(9-12-20-17)18(23)22-11-8-14-4-6-16(25-2)7-5-14/h3-7,9,12-13H,1,8,10-11H2,2H3,(H,21,24)(H,22,23). The summed E-state index contributed by atoms with van der Waals surface area (Å²) >= 11 is 0. The van der Waals surface area contributed by atoms with Gasteiger partial charge in [-0.1, -0.05) is 18.2 Å². The lowest BCUT2D eigenvalue weighted by molar-refractivity contribution is 0.0953. The molecule has 0 aliphatic heterocycles. The lowest BCUT2D eigenvalue weighted by atomic mass is 10.1. The van der Waals surface area contributed by atoms with Crippen molar-refractivity contribution in [1.82, 2.24) is 15.6 Å². The minimum absolute atomic E-state index is 0.199. The maximum atomic E-state index is 12.2. The van der Waals surface area contributed by atoms with E-state index in [1.807, 2.05) is 24.3 Å². The number of rotatable bonds is 8. The van der Waals surface area contributed by atoms with Crippen LogP contribution in [0.25, 0.3) is 0 Å².